The molecule has 0 saturated heterocycles. The monoisotopic (exact) mass is 428 g/mol. The van der Waals surface area contributed by atoms with Crippen molar-refractivity contribution in [3.63, 3.8) is 0 Å². The van der Waals surface area contributed by atoms with Crippen molar-refractivity contribution < 1.29 is 17.0 Å². The zero-order valence-electron chi connectivity index (χ0n) is 16.6. The van der Waals surface area contributed by atoms with Crippen molar-refractivity contribution >= 4 is 16.2 Å². The first kappa shape index (κ1) is 21.6. The van der Waals surface area contributed by atoms with Crippen molar-refractivity contribution in [2.75, 3.05) is 6.26 Å². The van der Waals surface area contributed by atoms with Crippen LogP contribution >= 0.6 is 0 Å². The van der Waals surface area contributed by atoms with Gasteiger partial charge in [-0.2, -0.15) is 13.5 Å². The van der Waals surface area contributed by atoms with E-state index in [0.717, 1.165) is 11.8 Å². The van der Waals surface area contributed by atoms with Gasteiger partial charge in [-0.05, 0) is 42.3 Å². The summed E-state index contributed by atoms with van der Waals surface area (Å²) >= 11 is 0. The maximum absolute atomic E-state index is 13.6. The predicted molar refractivity (Wildman–Crippen MR) is 114 cm³/mol. The molecule has 0 aliphatic rings. The van der Waals surface area contributed by atoms with Crippen LogP contribution in [0.1, 0.15) is 16.7 Å². The molecule has 0 spiro atoms. The van der Waals surface area contributed by atoms with Crippen LogP contribution in [0.4, 0.5) is 4.39 Å². The summed E-state index contributed by atoms with van der Waals surface area (Å²) in [7, 11) is -3.73. The molecule has 1 aromatic heterocycles. The van der Waals surface area contributed by atoms with Gasteiger partial charge in [-0.3, -0.25) is 8.98 Å². The lowest BCUT2D eigenvalue weighted by atomic mass is 10.1. The van der Waals surface area contributed by atoms with Crippen LogP contribution in [0, 0.1) is 12.7 Å². The number of hydrogen-bond donors (Lipinski definition) is 0. The van der Waals surface area contributed by atoms with E-state index in [2.05, 4.69) is 5.10 Å². The lowest BCUT2D eigenvalue weighted by Crippen LogP contribution is -2.27. The Morgan fingerprint density at radius 3 is 2.53 bits per heavy atom. The maximum atomic E-state index is 13.6. The number of aryl methyl sites for hydroxylation is 1. The summed E-state index contributed by atoms with van der Waals surface area (Å²) in [5.74, 6) is -0.349. The van der Waals surface area contributed by atoms with Gasteiger partial charge in [-0.1, -0.05) is 42.5 Å². The Morgan fingerprint density at radius 2 is 1.87 bits per heavy atom. The minimum Gasteiger partial charge on any atom is -0.267 e. The normalized spacial score (nSPS) is 11.8. The second-order valence-electron chi connectivity index (χ2n) is 6.79. The Labute approximate surface area is 174 Å². The van der Waals surface area contributed by atoms with Crippen LogP contribution < -0.4 is 5.56 Å². The third-order valence-electron chi connectivity index (χ3n) is 4.32. The van der Waals surface area contributed by atoms with Gasteiger partial charge >= 0.3 is 0 Å². The van der Waals surface area contributed by atoms with Gasteiger partial charge in [-0.15, -0.1) is 0 Å². The molecule has 3 rings (SSSR count). The van der Waals surface area contributed by atoms with Crippen LogP contribution in [0.2, 0.25) is 0 Å². The summed E-state index contributed by atoms with van der Waals surface area (Å²) in [5.41, 5.74) is 2.11. The molecule has 0 aliphatic carbocycles. The van der Waals surface area contributed by atoms with Gasteiger partial charge in [0.05, 0.1) is 25.1 Å². The Morgan fingerprint density at radius 1 is 1.13 bits per heavy atom. The third-order valence-corrected chi connectivity index (χ3v) is 4.86. The highest BCUT2D eigenvalue weighted by Crippen LogP contribution is 2.20. The van der Waals surface area contributed by atoms with Crippen molar-refractivity contribution in [3.05, 3.63) is 93.5 Å². The van der Waals surface area contributed by atoms with Gasteiger partial charge in [-0.25, -0.2) is 9.07 Å². The average molecular weight is 428 g/mol. The van der Waals surface area contributed by atoms with Crippen molar-refractivity contribution in [2.45, 2.75) is 20.1 Å². The van der Waals surface area contributed by atoms with Crippen LogP contribution in [-0.4, -0.2) is 24.5 Å². The van der Waals surface area contributed by atoms with Crippen molar-refractivity contribution in [3.8, 4) is 11.3 Å². The highest BCUT2D eigenvalue weighted by Gasteiger charge is 2.13. The second kappa shape index (κ2) is 9.15. The smallest absolute Gasteiger partial charge is 0.267 e. The summed E-state index contributed by atoms with van der Waals surface area (Å²) in [6.07, 6.45) is 4.56. The van der Waals surface area contributed by atoms with Gasteiger partial charge in [0.25, 0.3) is 15.7 Å². The summed E-state index contributed by atoms with van der Waals surface area (Å²) < 4.78 is 42.4. The molecule has 0 radical (unpaired) electrons. The van der Waals surface area contributed by atoms with Crippen LogP contribution in [0.25, 0.3) is 17.3 Å². The lowest BCUT2D eigenvalue weighted by molar-refractivity contribution is 0.308. The van der Waals surface area contributed by atoms with Gasteiger partial charge in [0.1, 0.15) is 5.82 Å². The zero-order chi connectivity index (χ0) is 21.7. The number of allylic oxidation sites excluding steroid dienone is 1. The van der Waals surface area contributed by atoms with E-state index in [1.54, 1.807) is 25.1 Å². The molecule has 0 fully saturated rings. The van der Waals surface area contributed by atoms with Crippen molar-refractivity contribution in [1.82, 2.24) is 9.78 Å². The second-order valence-corrected chi connectivity index (χ2v) is 8.43. The first-order valence-electron chi connectivity index (χ1n) is 9.16. The highest BCUT2D eigenvalue weighted by atomic mass is 32.2. The highest BCUT2D eigenvalue weighted by molar-refractivity contribution is 7.85. The molecule has 3 aromatic rings. The fourth-order valence-electron chi connectivity index (χ4n) is 2.79. The maximum Gasteiger partial charge on any atom is 0.272 e. The molecule has 0 aliphatic heterocycles. The topological polar surface area (TPSA) is 78.3 Å². The van der Waals surface area contributed by atoms with Crippen molar-refractivity contribution in [2.24, 2.45) is 0 Å². The standard InChI is InChI=1S/C22H21FN2O4S/c1-16-13-18(10-11-20(16)23)21-14-19(15-29-30(2,27)28)22(26)25(24-21)12-6-9-17-7-4-3-5-8-17/h3-11,13-14H,12,15H2,1-2H3. The van der Waals surface area contributed by atoms with Gasteiger partial charge < -0.3 is 0 Å². The molecule has 8 heteroatoms. The molecule has 0 N–H and O–H groups in total. The average Bonchev–Trinajstić information content (AvgIpc) is 2.70. The van der Waals surface area contributed by atoms with E-state index in [1.165, 1.54) is 16.8 Å². The van der Waals surface area contributed by atoms with E-state index in [1.807, 2.05) is 36.4 Å². The van der Waals surface area contributed by atoms with E-state index in [-0.39, 0.29) is 17.9 Å². The van der Waals surface area contributed by atoms with Gasteiger partial charge in [0.2, 0.25) is 0 Å². The first-order valence-corrected chi connectivity index (χ1v) is 11.0. The van der Waals surface area contributed by atoms with Crippen LogP contribution in [0.3, 0.4) is 0 Å². The largest absolute Gasteiger partial charge is 0.272 e. The first-order chi connectivity index (χ1) is 14.2. The number of hydrogen-bond acceptors (Lipinski definition) is 5. The molecule has 30 heavy (non-hydrogen) atoms. The SMILES string of the molecule is Cc1cc(-c2cc(COS(C)(=O)=O)c(=O)n(CC=Cc3ccccc3)n2)ccc1F. The third kappa shape index (κ3) is 5.71. The molecule has 0 unspecified atom stereocenters. The minimum absolute atomic E-state index is 0.139. The molecule has 0 amide bonds. The Hall–Kier alpha value is -3.10. The van der Waals surface area contributed by atoms with Crippen LogP contribution in [-0.2, 0) is 27.5 Å². The number of halogens is 1. The zero-order valence-corrected chi connectivity index (χ0v) is 17.4. The molecule has 1 heterocycles. The van der Waals surface area contributed by atoms with E-state index in [4.69, 9.17) is 4.18 Å². The molecular formula is C22H21FN2O4S. The Bertz CT molecular complexity index is 1240. The Kier molecular flexibility index (Phi) is 6.59. The van der Waals surface area contributed by atoms with E-state index >= 15 is 0 Å². The number of nitrogens with zero attached hydrogens (tertiary/aromatic N) is 2. The van der Waals surface area contributed by atoms with E-state index in [0.29, 0.717) is 16.8 Å². The quantitative estimate of drug-likeness (QED) is 0.538. The molecule has 0 saturated carbocycles. The number of aromatic nitrogens is 2. The fraction of sp³-hybridized carbons (Fsp3) is 0.182. The van der Waals surface area contributed by atoms with Gasteiger partial charge in [0, 0.05) is 11.1 Å². The Balaban J connectivity index is 1.99. The molecular weight excluding hydrogens is 407 g/mol. The summed E-state index contributed by atoms with van der Waals surface area (Å²) in [6, 6.07) is 15.5. The van der Waals surface area contributed by atoms with Crippen molar-refractivity contribution in [1.29, 1.82) is 0 Å². The molecule has 0 bridgehead atoms. The minimum atomic E-state index is -3.73. The summed E-state index contributed by atoms with van der Waals surface area (Å²) in [4.78, 5) is 12.8. The molecule has 6 nitrogen and oxygen atoms in total. The number of benzene rings is 2. The van der Waals surface area contributed by atoms with Crippen LogP contribution in [0.15, 0.2) is 65.5 Å². The van der Waals surface area contributed by atoms with E-state index in [9.17, 15) is 17.6 Å². The summed E-state index contributed by atoms with van der Waals surface area (Å²) in [5, 5.41) is 4.38. The van der Waals surface area contributed by atoms with Gasteiger partial charge in [0.15, 0.2) is 0 Å². The summed E-state index contributed by atoms with van der Waals surface area (Å²) in [6.45, 7) is 1.40. The number of rotatable bonds is 7. The molecule has 0 atom stereocenters. The lowest BCUT2D eigenvalue weighted by Gasteiger charge is -2.10. The molecule has 2 aromatic carbocycles. The van der Waals surface area contributed by atoms with Crippen LogP contribution in [0.5, 0.6) is 0 Å². The fourth-order valence-corrected chi connectivity index (χ4v) is 3.13. The predicted octanol–water partition coefficient (Wildman–Crippen LogP) is 3.55. The molecule has 156 valence electrons. The van der Waals surface area contributed by atoms with E-state index < -0.39 is 22.3 Å².